The van der Waals surface area contributed by atoms with E-state index in [0.717, 1.165) is 4.68 Å². The smallest absolute Gasteiger partial charge is 0.276 e. The number of aromatic nitrogens is 3. The Kier molecular flexibility index (Phi) is 4.82. The maximum Gasteiger partial charge on any atom is 0.276 e. The number of carbonyl (C=O) groups excluding carboxylic acids is 1. The molecule has 0 saturated heterocycles. The number of hydrogen-bond donors (Lipinski definition) is 2. The molecule has 0 saturated carbocycles. The lowest BCUT2D eigenvalue weighted by Crippen LogP contribution is -2.23. The summed E-state index contributed by atoms with van der Waals surface area (Å²) < 4.78 is 27.9. The zero-order valence-corrected chi connectivity index (χ0v) is 15.0. The van der Waals surface area contributed by atoms with E-state index in [0.29, 0.717) is 5.69 Å². The van der Waals surface area contributed by atoms with Crippen LogP contribution in [-0.2, 0) is 17.1 Å². The number of aryl methyl sites for hydroxylation is 1. The monoisotopic (exact) mass is 391 g/mol. The lowest BCUT2D eigenvalue weighted by molar-refractivity contribution is 0.102. The molecule has 3 aromatic rings. The van der Waals surface area contributed by atoms with Crippen LogP contribution in [0, 0.1) is 0 Å². The first kappa shape index (κ1) is 17.8. The molecule has 0 fully saturated rings. The van der Waals surface area contributed by atoms with Crippen molar-refractivity contribution in [2.24, 2.45) is 7.05 Å². The topological polar surface area (TPSA) is 123 Å². The van der Waals surface area contributed by atoms with Gasteiger partial charge in [0.05, 0.1) is 4.90 Å². The normalized spacial score (nSPS) is 11.1. The Balaban J connectivity index is 1.74. The number of hydrogen-bond acceptors (Lipinski definition) is 7. The van der Waals surface area contributed by atoms with E-state index in [1.54, 1.807) is 5.38 Å². The second kappa shape index (κ2) is 7.06. The van der Waals surface area contributed by atoms with Crippen molar-refractivity contribution >= 4 is 38.1 Å². The van der Waals surface area contributed by atoms with Crippen molar-refractivity contribution in [1.29, 1.82) is 0 Å². The average Bonchev–Trinajstić information content (AvgIpc) is 3.10. The fourth-order valence-electron chi connectivity index (χ4n) is 1.98. The Hall–Kier alpha value is -3.05. The van der Waals surface area contributed by atoms with Gasteiger partial charge in [0.25, 0.3) is 21.5 Å². The Morgan fingerprint density at radius 2 is 1.88 bits per heavy atom. The van der Waals surface area contributed by atoms with Crippen LogP contribution in [-0.4, -0.2) is 29.1 Å². The molecular formula is C15H13N5O4S2. The second-order valence-electron chi connectivity index (χ2n) is 5.10. The van der Waals surface area contributed by atoms with Crippen LogP contribution in [0.4, 0.5) is 10.8 Å². The summed E-state index contributed by atoms with van der Waals surface area (Å²) in [6, 6.07) is 8.18. The number of nitrogens with zero attached hydrogens (tertiary/aromatic N) is 3. The molecule has 0 bridgehead atoms. The molecule has 2 aromatic heterocycles. The van der Waals surface area contributed by atoms with Gasteiger partial charge in [-0.2, -0.15) is 5.10 Å². The van der Waals surface area contributed by atoms with Crippen LogP contribution in [0.2, 0.25) is 0 Å². The van der Waals surface area contributed by atoms with Crippen molar-refractivity contribution < 1.29 is 13.2 Å². The van der Waals surface area contributed by atoms with E-state index in [1.165, 1.54) is 61.0 Å². The highest BCUT2D eigenvalue weighted by Gasteiger charge is 2.16. The molecular weight excluding hydrogens is 378 g/mol. The second-order valence-corrected chi connectivity index (χ2v) is 7.68. The third-order valence-corrected chi connectivity index (χ3v) is 5.44. The van der Waals surface area contributed by atoms with Crippen LogP contribution in [0.1, 0.15) is 10.5 Å². The summed E-state index contributed by atoms with van der Waals surface area (Å²) >= 11 is 1.17. The number of rotatable bonds is 5. The molecule has 0 aliphatic heterocycles. The van der Waals surface area contributed by atoms with Gasteiger partial charge in [0.1, 0.15) is 5.69 Å². The first-order valence-electron chi connectivity index (χ1n) is 7.23. The highest BCUT2D eigenvalue weighted by Crippen LogP contribution is 2.19. The van der Waals surface area contributed by atoms with Gasteiger partial charge < -0.3 is 5.32 Å². The van der Waals surface area contributed by atoms with E-state index in [-0.39, 0.29) is 21.3 Å². The van der Waals surface area contributed by atoms with Crippen molar-refractivity contribution in [1.82, 2.24) is 14.8 Å². The summed E-state index contributed by atoms with van der Waals surface area (Å²) in [4.78, 5) is 27.3. The maximum atomic E-state index is 12.2. The van der Waals surface area contributed by atoms with Crippen molar-refractivity contribution in [2.45, 2.75) is 4.90 Å². The number of anilines is 2. The van der Waals surface area contributed by atoms with Crippen LogP contribution >= 0.6 is 11.3 Å². The highest BCUT2D eigenvalue weighted by atomic mass is 32.2. The average molecular weight is 391 g/mol. The minimum absolute atomic E-state index is 0.0333. The van der Waals surface area contributed by atoms with Crippen LogP contribution in [0.25, 0.3) is 0 Å². The van der Waals surface area contributed by atoms with Crippen molar-refractivity contribution in [3.05, 3.63) is 64.0 Å². The largest absolute Gasteiger partial charge is 0.321 e. The third-order valence-electron chi connectivity index (χ3n) is 3.27. The Morgan fingerprint density at radius 3 is 2.50 bits per heavy atom. The fraction of sp³-hybridized carbons (Fsp3) is 0.0667. The summed E-state index contributed by atoms with van der Waals surface area (Å²) in [5, 5.41) is 8.36. The molecule has 0 unspecified atom stereocenters. The van der Waals surface area contributed by atoms with Crippen molar-refractivity contribution in [3.63, 3.8) is 0 Å². The number of amides is 1. The Labute approximate surface area is 152 Å². The van der Waals surface area contributed by atoms with Gasteiger partial charge in [-0.1, -0.05) is 0 Å². The number of carbonyl (C=O) groups is 1. The van der Waals surface area contributed by atoms with E-state index in [4.69, 9.17) is 0 Å². The van der Waals surface area contributed by atoms with Crippen LogP contribution in [0.3, 0.4) is 0 Å². The molecule has 1 aromatic carbocycles. The van der Waals surface area contributed by atoms with Gasteiger partial charge in [0.2, 0.25) is 0 Å². The molecule has 9 nitrogen and oxygen atoms in total. The molecule has 11 heteroatoms. The van der Waals surface area contributed by atoms with Gasteiger partial charge in [0, 0.05) is 30.4 Å². The van der Waals surface area contributed by atoms with Crippen LogP contribution < -0.4 is 15.6 Å². The number of thiazole rings is 1. The molecule has 2 heterocycles. The molecule has 0 radical (unpaired) electrons. The fourth-order valence-corrected chi connectivity index (χ4v) is 3.77. The lowest BCUT2D eigenvalue weighted by atomic mass is 10.3. The number of nitrogens with one attached hydrogen (secondary N) is 2. The van der Waals surface area contributed by atoms with Gasteiger partial charge in [-0.15, -0.1) is 11.3 Å². The molecule has 3 rings (SSSR count). The van der Waals surface area contributed by atoms with Gasteiger partial charge in [-0.25, -0.2) is 18.1 Å². The van der Waals surface area contributed by atoms with E-state index >= 15 is 0 Å². The summed E-state index contributed by atoms with van der Waals surface area (Å²) in [5.41, 5.74) is 0.122. The van der Waals surface area contributed by atoms with E-state index in [2.05, 4.69) is 20.1 Å². The summed E-state index contributed by atoms with van der Waals surface area (Å²) in [6.45, 7) is 0. The predicted octanol–water partition coefficient (Wildman–Crippen LogP) is 1.29. The molecule has 0 spiro atoms. The van der Waals surface area contributed by atoms with Crippen molar-refractivity contribution in [2.75, 3.05) is 10.0 Å². The lowest BCUT2D eigenvalue weighted by Gasteiger charge is -2.08. The Morgan fingerprint density at radius 1 is 1.15 bits per heavy atom. The quantitative estimate of drug-likeness (QED) is 0.676. The SMILES string of the molecule is Cn1nc(C(=O)Nc2ccc(S(=O)(=O)Nc3nccs3)cc2)ccc1=O. The van der Waals surface area contributed by atoms with E-state index in [1.807, 2.05) is 0 Å². The van der Waals surface area contributed by atoms with Crippen LogP contribution in [0.5, 0.6) is 0 Å². The number of benzene rings is 1. The summed E-state index contributed by atoms with van der Waals surface area (Å²) in [6.07, 6.45) is 1.49. The Bertz CT molecular complexity index is 1090. The molecule has 134 valence electrons. The van der Waals surface area contributed by atoms with Gasteiger partial charge in [-0.3, -0.25) is 14.3 Å². The molecule has 0 aliphatic carbocycles. The highest BCUT2D eigenvalue weighted by molar-refractivity contribution is 7.93. The first-order chi connectivity index (χ1) is 12.3. The molecule has 2 N–H and O–H groups in total. The van der Waals surface area contributed by atoms with Crippen LogP contribution in [0.15, 0.2) is 57.7 Å². The van der Waals surface area contributed by atoms with E-state index < -0.39 is 15.9 Å². The standard InChI is InChI=1S/C15H13N5O4S2/c1-20-13(21)7-6-12(18-20)14(22)17-10-2-4-11(5-3-10)26(23,24)19-15-16-8-9-25-15/h2-9H,1H3,(H,16,19)(H,17,22). The zero-order chi connectivity index (χ0) is 18.7. The van der Waals surface area contributed by atoms with Gasteiger partial charge in [0.15, 0.2) is 5.13 Å². The van der Waals surface area contributed by atoms with Crippen molar-refractivity contribution in [3.8, 4) is 0 Å². The summed E-state index contributed by atoms with van der Waals surface area (Å²) in [5.74, 6) is -0.517. The number of sulfonamides is 1. The molecule has 0 aliphatic rings. The predicted molar refractivity (Wildman–Crippen MR) is 96.8 cm³/mol. The zero-order valence-electron chi connectivity index (χ0n) is 13.4. The minimum atomic E-state index is -3.76. The first-order valence-corrected chi connectivity index (χ1v) is 9.59. The molecule has 26 heavy (non-hydrogen) atoms. The summed E-state index contributed by atoms with van der Waals surface area (Å²) in [7, 11) is -2.32. The third kappa shape index (κ3) is 3.95. The minimum Gasteiger partial charge on any atom is -0.321 e. The van der Waals surface area contributed by atoms with Gasteiger partial charge in [-0.05, 0) is 30.3 Å². The maximum absolute atomic E-state index is 12.2. The van der Waals surface area contributed by atoms with Gasteiger partial charge >= 0.3 is 0 Å². The molecule has 0 atom stereocenters. The molecule has 1 amide bonds. The van der Waals surface area contributed by atoms with E-state index in [9.17, 15) is 18.0 Å².